The highest BCUT2D eigenvalue weighted by Gasteiger charge is 2.55. The second kappa shape index (κ2) is 7.40. The topological polar surface area (TPSA) is 90.0 Å². The predicted octanol–water partition coefficient (Wildman–Crippen LogP) is 2.22. The first-order valence-electron chi connectivity index (χ1n) is 9.13. The number of aromatic nitrogens is 1. The van der Waals surface area contributed by atoms with Gasteiger partial charge in [0.25, 0.3) is 0 Å². The molecule has 0 bridgehead atoms. The summed E-state index contributed by atoms with van der Waals surface area (Å²) < 4.78 is 41.5. The van der Waals surface area contributed by atoms with Gasteiger partial charge in [-0.2, -0.15) is 4.39 Å². The van der Waals surface area contributed by atoms with E-state index in [0.717, 1.165) is 4.90 Å². The number of aliphatic imine (C=N–C) groups is 1. The van der Waals surface area contributed by atoms with Crippen LogP contribution in [0.1, 0.15) is 18.0 Å². The molecule has 1 aromatic heterocycles. The zero-order chi connectivity index (χ0) is 20.6. The molecule has 29 heavy (non-hydrogen) atoms. The van der Waals surface area contributed by atoms with Gasteiger partial charge in [0.2, 0.25) is 12.4 Å². The van der Waals surface area contributed by atoms with E-state index in [1.165, 1.54) is 13.2 Å². The standard InChI is InChI=1S/C20H20F2N4O3/c1-26(11-27)19(23)25-17-14-9-12(13-3-2-7-24-18(13)21)4-5-15(14)29-16-6-8-28-10-20(16,17)22/h2-5,7,9,11,16-17H,6,8,10H2,1H3,(H2,23,25)/t16?,17-,20?/m0/s1. The fourth-order valence-electron chi connectivity index (χ4n) is 3.67. The molecule has 3 heterocycles. The van der Waals surface area contributed by atoms with Gasteiger partial charge in [0, 0.05) is 30.8 Å². The fraction of sp³-hybridized carbons (Fsp3) is 0.350. The quantitative estimate of drug-likeness (QED) is 0.368. The van der Waals surface area contributed by atoms with Crippen molar-refractivity contribution >= 4 is 12.4 Å². The molecule has 0 aliphatic carbocycles. The Morgan fingerprint density at radius 1 is 1.45 bits per heavy atom. The highest BCUT2D eigenvalue weighted by atomic mass is 19.1. The number of amides is 1. The number of fused-ring (bicyclic) bond motifs is 2. The summed E-state index contributed by atoms with van der Waals surface area (Å²) in [5, 5.41) is 0. The Hall–Kier alpha value is -3.07. The molecule has 2 unspecified atom stereocenters. The van der Waals surface area contributed by atoms with E-state index in [4.69, 9.17) is 15.2 Å². The minimum Gasteiger partial charge on any atom is -0.486 e. The Bertz CT molecular complexity index is 970. The number of hydrogen-bond acceptors (Lipinski definition) is 5. The van der Waals surface area contributed by atoms with Gasteiger partial charge >= 0.3 is 0 Å². The number of hydrogen-bond donors (Lipinski definition) is 1. The Morgan fingerprint density at radius 3 is 3.03 bits per heavy atom. The SMILES string of the molecule is CN(C=O)C(N)=N[C@H]1c2cc(-c3cccnc3F)ccc2OC2CCOCC21F. The number of guanidine groups is 1. The summed E-state index contributed by atoms with van der Waals surface area (Å²) in [6.45, 7) is 0.139. The summed E-state index contributed by atoms with van der Waals surface area (Å²) in [4.78, 5) is 20.1. The van der Waals surface area contributed by atoms with Crippen molar-refractivity contribution in [3.8, 4) is 16.9 Å². The number of nitrogens with zero attached hydrogens (tertiary/aromatic N) is 3. The molecule has 2 aliphatic heterocycles. The van der Waals surface area contributed by atoms with Crippen LogP contribution in [0.25, 0.3) is 11.1 Å². The number of carbonyl (C=O) groups is 1. The molecule has 1 amide bonds. The van der Waals surface area contributed by atoms with Crippen molar-refractivity contribution in [2.75, 3.05) is 20.3 Å². The molecule has 1 aromatic carbocycles. The van der Waals surface area contributed by atoms with Crippen LogP contribution in [0.2, 0.25) is 0 Å². The van der Waals surface area contributed by atoms with E-state index >= 15 is 4.39 Å². The number of nitrogens with two attached hydrogens (primary N) is 1. The lowest BCUT2D eigenvalue weighted by molar-refractivity contribution is -0.126. The van der Waals surface area contributed by atoms with Gasteiger partial charge in [-0.05, 0) is 29.8 Å². The summed E-state index contributed by atoms with van der Waals surface area (Å²) >= 11 is 0. The summed E-state index contributed by atoms with van der Waals surface area (Å²) in [5.74, 6) is -0.344. The largest absolute Gasteiger partial charge is 0.486 e. The van der Waals surface area contributed by atoms with Gasteiger partial charge in [-0.1, -0.05) is 6.07 Å². The number of rotatable bonds is 3. The van der Waals surface area contributed by atoms with E-state index in [2.05, 4.69) is 9.98 Å². The van der Waals surface area contributed by atoms with Crippen LogP contribution in [0.15, 0.2) is 41.5 Å². The number of benzene rings is 1. The van der Waals surface area contributed by atoms with Crippen molar-refractivity contribution in [2.24, 2.45) is 10.7 Å². The molecule has 0 spiro atoms. The smallest absolute Gasteiger partial charge is 0.220 e. The molecule has 0 radical (unpaired) electrons. The lowest BCUT2D eigenvalue weighted by Gasteiger charge is -2.45. The van der Waals surface area contributed by atoms with Crippen molar-refractivity contribution in [3.63, 3.8) is 0 Å². The van der Waals surface area contributed by atoms with Gasteiger partial charge in [0.15, 0.2) is 11.6 Å². The minimum absolute atomic E-state index is 0.142. The molecule has 3 atom stereocenters. The molecule has 4 rings (SSSR count). The van der Waals surface area contributed by atoms with Crippen LogP contribution < -0.4 is 10.5 Å². The third kappa shape index (κ3) is 3.31. The number of carbonyl (C=O) groups excluding carboxylic acids is 1. The van der Waals surface area contributed by atoms with Crippen molar-refractivity contribution in [2.45, 2.75) is 24.2 Å². The number of ether oxygens (including phenoxy) is 2. The van der Waals surface area contributed by atoms with Crippen molar-refractivity contribution < 1.29 is 23.0 Å². The molecule has 152 valence electrons. The third-order valence-corrected chi connectivity index (χ3v) is 5.26. The van der Waals surface area contributed by atoms with Crippen LogP contribution >= 0.6 is 0 Å². The Balaban J connectivity index is 1.86. The monoisotopic (exact) mass is 402 g/mol. The lowest BCUT2D eigenvalue weighted by atomic mass is 9.80. The summed E-state index contributed by atoms with van der Waals surface area (Å²) in [6.07, 6.45) is 1.42. The first-order valence-corrected chi connectivity index (χ1v) is 9.13. The van der Waals surface area contributed by atoms with Crippen molar-refractivity contribution in [3.05, 3.63) is 48.0 Å². The van der Waals surface area contributed by atoms with E-state index in [1.54, 1.807) is 30.3 Å². The molecule has 2 aromatic rings. The molecule has 7 nitrogen and oxygen atoms in total. The highest BCUT2D eigenvalue weighted by Crippen LogP contribution is 2.49. The normalized spacial score (nSPS) is 26.1. The van der Waals surface area contributed by atoms with Gasteiger partial charge in [-0.3, -0.25) is 9.69 Å². The van der Waals surface area contributed by atoms with Gasteiger partial charge in [-0.25, -0.2) is 14.4 Å². The van der Waals surface area contributed by atoms with E-state index in [0.29, 0.717) is 36.3 Å². The Labute approximate surface area is 166 Å². The summed E-state index contributed by atoms with van der Waals surface area (Å²) in [5.41, 5.74) is 5.08. The molecular weight excluding hydrogens is 382 g/mol. The first kappa shape index (κ1) is 19.3. The van der Waals surface area contributed by atoms with Crippen LogP contribution in [0, 0.1) is 5.95 Å². The van der Waals surface area contributed by atoms with E-state index in [-0.39, 0.29) is 18.1 Å². The minimum atomic E-state index is -1.98. The van der Waals surface area contributed by atoms with Crippen LogP contribution in [0.4, 0.5) is 8.78 Å². The van der Waals surface area contributed by atoms with Crippen LogP contribution in [-0.4, -0.2) is 54.3 Å². The van der Waals surface area contributed by atoms with Crippen molar-refractivity contribution in [1.82, 2.24) is 9.88 Å². The maximum absolute atomic E-state index is 16.1. The molecule has 9 heteroatoms. The summed E-state index contributed by atoms with van der Waals surface area (Å²) in [6, 6.07) is 7.07. The van der Waals surface area contributed by atoms with E-state index < -0.39 is 23.8 Å². The molecule has 1 fully saturated rings. The van der Waals surface area contributed by atoms with E-state index in [1.807, 2.05) is 0 Å². The van der Waals surface area contributed by atoms with Gasteiger partial charge in [-0.15, -0.1) is 0 Å². The number of pyridine rings is 1. The van der Waals surface area contributed by atoms with Crippen LogP contribution in [-0.2, 0) is 9.53 Å². The average molecular weight is 402 g/mol. The number of alkyl halides is 1. The van der Waals surface area contributed by atoms with Gasteiger partial charge in [0.1, 0.15) is 17.9 Å². The average Bonchev–Trinajstić information content (AvgIpc) is 2.73. The maximum Gasteiger partial charge on any atom is 0.220 e. The van der Waals surface area contributed by atoms with Gasteiger partial charge < -0.3 is 15.2 Å². The lowest BCUT2D eigenvalue weighted by Crippen LogP contribution is -2.56. The van der Waals surface area contributed by atoms with Crippen LogP contribution in [0.3, 0.4) is 0 Å². The second-order valence-electron chi connectivity index (χ2n) is 7.08. The summed E-state index contributed by atoms with van der Waals surface area (Å²) in [7, 11) is 1.42. The zero-order valence-corrected chi connectivity index (χ0v) is 15.7. The highest BCUT2D eigenvalue weighted by molar-refractivity contribution is 5.87. The molecule has 1 saturated heterocycles. The van der Waals surface area contributed by atoms with E-state index in [9.17, 15) is 9.18 Å². The maximum atomic E-state index is 16.1. The zero-order valence-electron chi connectivity index (χ0n) is 15.7. The molecule has 2 N–H and O–H groups in total. The number of halogens is 2. The molecular formula is C20H20F2N4O3. The molecule has 2 aliphatic rings. The Morgan fingerprint density at radius 2 is 2.28 bits per heavy atom. The fourth-order valence-corrected chi connectivity index (χ4v) is 3.67. The van der Waals surface area contributed by atoms with Crippen LogP contribution in [0.5, 0.6) is 5.75 Å². The van der Waals surface area contributed by atoms with Crippen molar-refractivity contribution in [1.29, 1.82) is 0 Å². The first-order chi connectivity index (χ1) is 13.9. The van der Waals surface area contributed by atoms with Gasteiger partial charge in [0.05, 0.1) is 13.2 Å². The predicted molar refractivity (Wildman–Crippen MR) is 102 cm³/mol. The second-order valence-corrected chi connectivity index (χ2v) is 7.08. The Kier molecular flexibility index (Phi) is 4.91. The molecule has 0 saturated carbocycles. The third-order valence-electron chi connectivity index (χ3n) is 5.26.